The van der Waals surface area contributed by atoms with Gasteiger partial charge in [0.25, 0.3) is 0 Å². The first-order valence-electron chi connectivity index (χ1n) is 6.93. The summed E-state index contributed by atoms with van der Waals surface area (Å²) < 4.78 is 11.2. The first-order valence-corrected chi connectivity index (χ1v) is 7.68. The largest absolute Gasteiger partial charge is 0.489 e. The summed E-state index contributed by atoms with van der Waals surface area (Å²) in [4.78, 5) is 0. The Morgan fingerprint density at radius 2 is 1.90 bits per heavy atom. The molecular formula is C15H23Cl2NO2. The third-order valence-electron chi connectivity index (χ3n) is 2.81. The van der Waals surface area contributed by atoms with Gasteiger partial charge in [-0.05, 0) is 43.0 Å². The molecule has 0 bridgehead atoms. The minimum atomic E-state index is 0.469. The van der Waals surface area contributed by atoms with Crippen LogP contribution in [0.1, 0.15) is 25.8 Å². The van der Waals surface area contributed by atoms with Gasteiger partial charge in [0.15, 0.2) is 0 Å². The van der Waals surface area contributed by atoms with E-state index in [4.69, 9.17) is 38.4 Å². The second kappa shape index (κ2) is 9.46. The van der Waals surface area contributed by atoms with E-state index in [0.717, 1.165) is 18.6 Å². The SMILES string of the molecule is CC(C)CCOCCOc1c(Cl)cc(Cl)cc1CCN. The molecule has 0 radical (unpaired) electrons. The van der Waals surface area contributed by atoms with E-state index < -0.39 is 0 Å². The van der Waals surface area contributed by atoms with Crippen LogP contribution in [0.2, 0.25) is 10.0 Å². The molecule has 2 N–H and O–H groups in total. The minimum Gasteiger partial charge on any atom is -0.489 e. The fourth-order valence-electron chi connectivity index (χ4n) is 1.74. The molecule has 0 heterocycles. The van der Waals surface area contributed by atoms with E-state index in [1.165, 1.54) is 0 Å². The maximum atomic E-state index is 6.16. The molecule has 1 aromatic rings. The summed E-state index contributed by atoms with van der Waals surface area (Å²) >= 11 is 12.1. The molecule has 114 valence electrons. The van der Waals surface area contributed by atoms with Crippen LogP contribution in [0.25, 0.3) is 0 Å². The lowest BCUT2D eigenvalue weighted by Crippen LogP contribution is -2.11. The van der Waals surface area contributed by atoms with Gasteiger partial charge in [0.05, 0.1) is 11.6 Å². The molecule has 0 aliphatic carbocycles. The van der Waals surface area contributed by atoms with Gasteiger partial charge < -0.3 is 15.2 Å². The van der Waals surface area contributed by atoms with Crippen molar-refractivity contribution in [2.75, 3.05) is 26.4 Å². The maximum absolute atomic E-state index is 6.16. The second-order valence-corrected chi connectivity index (χ2v) is 5.90. The molecule has 20 heavy (non-hydrogen) atoms. The molecule has 0 fully saturated rings. The van der Waals surface area contributed by atoms with E-state index in [2.05, 4.69) is 13.8 Å². The summed E-state index contributed by atoms with van der Waals surface area (Å²) in [7, 11) is 0. The van der Waals surface area contributed by atoms with Gasteiger partial charge in [-0.15, -0.1) is 0 Å². The Bertz CT molecular complexity index is 411. The van der Waals surface area contributed by atoms with E-state index >= 15 is 0 Å². The topological polar surface area (TPSA) is 44.5 Å². The molecule has 1 rings (SSSR count). The third-order valence-corrected chi connectivity index (χ3v) is 3.31. The summed E-state index contributed by atoms with van der Waals surface area (Å²) in [5.41, 5.74) is 6.52. The highest BCUT2D eigenvalue weighted by atomic mass is 35.5. The van der Waals surface area contributed by atoms with Crippen molar-refractivity contribution in [3.05, 3.63) is 27.7 Å². The molecule has 3 nitrogen and oxygen atoms in total. The molecule has 0 aliphatic rings. The van der Waals surface area contributed by atoms with Crippen molar-refractivity contribution in [2.45, 2.75) is 26.7 Å². The molecule has 0 spiro atoms. The van der Waals surface area contributed by atoms with Crippen LogP contribution in [0.4, 0.5) is 0 Å². The zero-order valence-corrected chi connectivity index (χ0v) is 13.6. The first-order chi connectivity index (χ1) is 9.54. The van der Waals surface area contributed by atoms with Crippen molar-refractivity contribution in [2.24, 2.45) is 11.7 Å². The molecule has 0 unspecified atom stereocenters. The fraction of sp³-hybridized carbons (Fsp3) is 0.600. The van der Waals surface area contributed by atoms with Crippen LogP contribution < -0.4 is 10.5 Å². The Kier molecular flexibility index (Phi) is 8.31. The zero-order chi connectivity index (χ0) is 15.0. The minimum absolute atomic E-state index is 0.469. The monoisotopic (exact) mass is 319 g/mol. The van der Waals surface area contributed by atoms with E-state index in [9.17, 15) is 0 Å². The lowest BCUT2D eigenvalue weighted by molar-refractivity contribution is 0.0923. The van der Waals surface area contributed by atoms with Crippen molar-refractivity contribution >= 4 is 23.2 Å². The van der Waals surface area contributed by atoms with Gasteiger partial charge in [-0.1, -0.05) is 37.0 Å². The Labute approximate surface area is 131 Å². The number of rotatable bonds is 9. The van der Waals surface area contributed by atoms with Crippen molar-refractivity contribution in [3.8, 4) is 5.75 Å². The fourth-order valence-corrected chi connectivity index (χ4v) is 2.33. The molecular weight excluding hydrogens is 297 g/mol. The molecule has 0 saturated carbocycles. The summed E-state index contributed by atoms with van der Waals surface area (Å²) in [6.45, 7) is 6.65. The Hall–Kier alpha value is -0.480. The normalized spacial score (nSPS) is 11.1. The predicted molar refractivity (Wildman–Crippen MR) is 85.0 cm³/mol. The van der Waals surface area contributed by atoms with E-state index in [-0.39, 0.29) is 0 Å². The van der Waals surface area contributed by atoms with Crippen LogP contribution in [0.3, 0.4) is 0 Å². The zero-order valence-electron chi connectivity index (χ0n) is 12.1. The first kappa shape index (κ1) is 17.6. The molecule has 0 saturated heterocycles. The molecule has 0 aliphatic heterocycles. The summed E-state index contributed by atoms with van der Waals surface area (Å²) in [5, 5.41) is 1.11. The van der Waals surface area contributed by atoms with Gasteiger partial charge >= 0.3 is 0 Å². The summed E-state index contributed by atoms with van der Waals surface area (Å²) in [5.74, 6) is 1.31. The Morgan fingerprint density at radius 3 is 2.55 bits per heavy atom. The van der Waals surface area contributed by atoms with Crippen LogP contribution in [-0.2, 0) is 11.2 Å². The average molecular weight is 320 g/mol. The van der Waals surface area contributed by atoms with Gasteiger partial charge in [0, 0.05) is 11.6 Å². The van der Waals surface area contributed by atoms with Crippen LogP contribution in [0, 0.1) is 5.92 Å². The van der Waals surface area contributed by atoms with Crippen molar-refractivity contribution < 1.29 is 9.47 Å². The lowest BCUT2D eigenvalue weighted by atomic mass is 10.1. The van der Waals surface area contributed by atoms with Crippen LogP contribution >= 0.6 is 23.2 Å². The second-order valence-electron chi connectivity index (χ2n) is 5.06. The average Bonchev–Trinajstić information content (AvgIpc) is 2.35. The molecule has 0 atom stereocenters. The van der Waals surface area contributed by atoms with E-state index in [0.29, 0.717) is 47.9 Å². The number of benzene rings is 1. The number of hydrogen-bond acceptors (Lipinski definition) is 3. The smallest absolute Gasteiger partial charge is 0.141 e. The maximum Gasteiger partial charge on any atom is 0.141 e. The Balaban J connectivity index is 2.46. The van der Waals surface area contributed by atoms with Crippen molar-refractivity contribution in [1.29, 1.82) is 0 Å². The summed E-state index contributed by atoms with van der Waals surface area (Å²) in [6.07, 6.45) is 1.74. The standard InChI is InChI=1S/C15H23Cl2NO2/c1-11(2)4-6-19-7-8-20-15-12(3-5-18)9-13(16)10-14(15)17/h9-11H,3-8,18H2,1-2H3. The molecule has 0 aromatic heterocycles. The van der Waals surface area contributed by atoms with Gasteiger partial charge in [-0.2, -0.15) is 0 Å². The Morgan fingerprint density at radius 1 is 1.15 bits per heavy atom. The van der Waals surface area contributed by atoms with Crippen molar-refractivity contribution in [3.63, 3.8) is 0 Å². The molecule has 0 amide bonds. The van der Waals surface area contributed by atoms with Gasteiger partial charge in [0.2, 0.25) is 0 Å². The molecule has 5 heteroatoms. The van der Waals surface area contributed by atoms with Gasteiger partial charge in [-0.3, -0.25) is 0 Å². The van der Waals surface area contributed by atoms with Crippen molar-refractivity contribution in [1.82, 2.24) is 0 Å². The summed E-state index contributed by atoms with van der Waals surface area (Å²) in [6, 6.07) is 3.52. The number of nitrogens with two attached hydrogens (primary N) is 1. The highest BCUT2D eigenvalue weighted by Gasteiger charge is 2.10. The van der Waals surface area contributed by atoms with Gasteiger partial charge in [0.1, 0.15) is 12.4 Å². The quantitative estimate of drug-likeness (QED) is 0.701. The van der Waals surface area contributed by atoms with E-state index in [1.54, 1.807) is 6.07 Å². The van der Waals surface area contributed by atoms with Crippen LogP contribution in [0.5, 0.6) is 5.75 Å². The highest BCUT2D eigenvalue weighted by molar-refractivity contribution is 6.35. The van der Waals surface area contributed by atoms with E-state index in [1.807, 2.05) is 6.07 Å². The van der Waals surface area contributed by atoms with Crippen LogP contribution in [0.15, 0.2) is 12.1 Å². The lowest BCUT2D eigenvalue weighted by Gasteiger charge is -2.14. The number of halogens is 2. The number of hydrogen-bond donors (Lipinski definition) is 1. The van der Waals surface area contributed by atoms with Gasteiger partial charge in [-0.25, -0.2) is 0 Å². The highest BCUT2D eigenvalue weighted by Crippen LogP contribution is 2.32. The number of ether oxygens (including phenoxy) is 2. The molecule has 1 aromatic carbocycles. The third kappa shape index (κ3) is 6.31. The van der Waals surface area contributed by atoms with Crippen LogP contribution in [-0.4, -0.2) is 26.4 Å². The predicted octanol–water partition coefficient (Wildman–Crippen LogP) is 3.94.